The molecule has 1 aromatic heterocycles. The number of hydrogen-bond donors (Lipinski definition) is 3. The van der Waals surface area contributed by atoms with Crippen LogP contribution in [0.5, 0.6) is 0 Å². The molecule has 0 spiro atoms. The molecule has 1 heterocycles. The lowest BCUT2D eigenvalue weighted by Gasteiger charge is -2.11. The third-order valence-corrected chi connectivity index (χ3v) is 5.89. The Morgan fingerprint density at radius 3 is 2.50 bits per heavy atom. The molecule has 0 radical (unpaired) electrons. The Hall–Kier alpha value is -1.38. The van der Waals surface area contributed by atoms with E-state index in [2.05, 4.69) is 15.6 Å². The predicted octanol–water partition coefficient (Wildman–Crippen LogP) is 3.29. The maximum atomic E-state index is 12.8. The van der Waals surface area contributed by atoms with Crippen LogP contribution in [0, 0.1) is 0 Å². The number of sulfonamides is 1. The molecule has 0 saturated heterocycles. The smallest absolute Gasteiger partial charge is 0.357 e. The Kier molecular flexibility index (Phi) is 9.17. The molecule has 0 amide bonds. The molecule has 4 N–H and O–H groups in total. The number of thiophene rings is 1. The highest BCUT2D eigenvalue weighted by Gasteiger charge is 2.30. The highest BCUT2D eigenvalue weighted by atomic mass is 127. The van der Waals surface area contributed by atoms with Gasteiger partial charge in [-0.3, -0.25) is 0 Å². The summed E-state index contributed by atoms with van der Waals surface area (Å²) < 4.78 is 61.0. The molecule has 28 heavy (non-hydrogen) atoms. The van der Waals surface area contributed by atoms with E-state index >= 15 is 0 Å². The molecule has 0 unspecified atom stereocenters. The standard InChI is InChI=1S/C16H19F3N4O2S2.HI/c1-2-21-15(23-10-13-6-7-14(26-13)27(20,24)25)22-9-11-4-3-5-12(8-11)16(17,18)19;/h3-8H,2,9-10H2,1H3,(H2,20,24,25)(H2,21,22,23);1H. The van der Waals surface area contributed by atoms with Gasteiger partial charge in [-0.05, 0) is 36.8 Å². The number of nitrogens with one attached hydrogen (secondary N) is 2. The number of nitrogens with two attached hydrogens (primary N) is 1. The van der Waals surface area contributed by atoms with Crippen LogP contribution in [0.1, 0.15) is 22.9 Å². The van der Waals surface area contributed by atoms with Gasteiger partial charge in [0.15, 0.2) is 5.96 Å². The van der Waals surface area contributed by atoms with Gasteiger partial charge < -0.3 is 10.6 Å². The fourth-order valence-electron chi connectivity index (χ4n) is 2.14. The van der Waals surface area contributed by atoms with E-state index in [0.717, 1.165) is 28.3 Å². The molecular weight excluding hydrogens is 528 g/mol. The zero-order valence-electron chi connectivity index (χ0n) is 14.8. The number of alkyl halides is 3. The lowest BCUT2D eigenvalue weighted by molar-refractivity contribution is -0.137. The van der Waals surface area contributed by atoms with E-state index in [9.17, 15) is 21.6 Å². The molecule has 2 aromatic rings. The summed E-state index contributed by atoms with van der Waals surface area (Å²) >= 11 is 1.04. The molecule has 6 nitrogen and oxygen atoms in total. The average molecular weight is 548 g/mol. The summed E-state index contributed by atoms with van der Waals surface area (Å²) in [6.45, 7) is 2.77. The molecule has 12 heteroatoms. The molecule has 1 aromatic carbocycles. The molecule has 0 aliphatic heterocycles. The normalized spacial score (nSPS) is 12.4. The van der Waals surface area contributed by atoms with Crippen molar-refractivity contribution < 1.29 is 21.6 Å². The minimum Gasteiger partial charge on any atom is -0.357 e. The third-order valence-electron chi connectivity index (χ3n) is 3.37. The van der Waals surface area contributed by atoms with Gasteiger partial charge in [0, 0.05) is 11.4 Å². The number of hydrogen-bond acceptors (Lipinski definition) is 4. The first-order valence-corrected chi connectivity index (χ1v) is 10.3. The SMILES string of the molecule is CCNC(=NCc1cccc(C(F)(F)F)c1)NCc1ccc(S(N)(=O)=O)s1.I. The van der Waals surface area contributed by atoms with Gasteiger partial charge >= 0.3 is 6.18 Å². The largest absolute Gasteiger partial charge is 0.416 e. The quantitative estimate of drug-likeness (QED) is 0.294. The van der Waals surface area contributed by atoms with Crippen LogP contribution in [0.2, 0.25) is 0 Å². The zero-order chi connectivity index (χ0) is 20.1. The van der Waals surface area contributed by atoms with E-state index < -0.39 is 21.8 Å². The van der Waals surface area contributed by atoms with Crippen LogP contribution in [0.25, 0.3) is 0 Å². The molecule has 0 bridgehead atoms. The van der Waals surface area contributed by atoms with Crippen molar-refractivity contribution in [3.05, 3.63) is 52.4 Å². The van der Waals surface area contributed by atoms with Crippen LogP contribution < -0.4 is 15.8 Å². The molecule has 0 saturated carbocycles. The van der Waals surface area contributed by atoms with E-state index in [-0.39, 0.29) is 34.7 Å². The van der Waals surface area contributed by atoms with E-state index in [1.54, 1.807) is 12.1 Å². The van der Waals surface area contributed by atoms with Crippen molar-refractivity contribution in [2.45, 2.75) is 30.4 Å². The summed E-state index contributed by atoms with van der Waals surface area (Å²) in [7, 11) is -3.74. The van der Waals surface area contributed by atoms with Crippen molar-refractivity contribution in [3.8, 4) is 0 Å². The van der Waals surface area contributed by atoms with Gasteiger partial charge in [-0.2, -0.15) is 13.2 Å². The van der Waals surface area contributed by atoms with Crippen molar-refractivity contribution in [1.82, 2.24) is 10.6 Å². The van der Waals surface area contributed by atoms with Crippen molar-refractivity contribution >= 4 is 51.3 Å². The topological polar surface area (TPSA) is 96.6 Å². The molecule has 0 aliphatic rings. The predicted molar refractivity (Wildman–Crippen MR) is 114 cm³/mol. The van der Waals surface area contributed by atoms with Gasteiger partial charge in [0.2, 0.25) is 10.0 Å². The third kappa shape index (κ3) is 7.56. The van der Waals surface area contributed by atoms with Gasteiger partial charge in [0.25, 0.3) is 0 Å². The summed E-state index contributed by atoms with van der Waals surface area (Å²) in [5, 5.41) is 11.1. The van der Waals surface area contributed by atoms with E-state index in [0.29, 0.717) is 24.6 Å². The number of halogens is 4. The fraction of sp³-hybridized carbons (Fsp3) is 0.312. The number of rotatable bonds is 6. The van der Waals surface area contributed by atoms with E-state index in [1.165, 1.54) is 12.1 Å². The number of guanidine groups is 1. The lowest BCUT2D eigenvalue weighted by Crippen LogP contribution is -2.36. The van der Waals surface area contributed by atoms with Gasteiger partial charge in [-0.25, -0.2) is 18.5 Å². The summed E-state index contributed by atoms with van der Waals surface area (Å²) in [4.78, 5) is 4.99. The van der Waals surface area contributed by atoms with Crippen LogP contribution in [-0.4, -0.2) is 20.9 Å². The maximum Gasteiger partial charge on any atom is 0.416 e. The van der Waals surface area contributed by atoms with E-state index in [1.807, 2.05) is 6.92 Å². The summed E-state index contributed by atoms with van der Waals surface area (Å²) in [6.07, 6.45) is -4.40. The monoisotopic (exact) mass is 548 g/mol. The number of aliphatic imine (C=N–C) groups is 1. The van der Waals surface area contributed by atoms with Crippen LogP contribution in [0.3, 0.4) is 0 Å². The molecular formula is C16H20F3IN4O2S2. The molecule has 0 fully saturated rings. The highest BCUT2D eigenvalue weighted by Crippen LogP contribution is 2.29. The molecule has 0 aliphatic carbocycles. The van der Waals surface area contributed by atoms with Gasteiger partial charge in [-0.15, -0.1) is 35.3 Å². The molecule has 0 atom stereocenters. The van der Waals surface area contributed by atoms with Crippen molar-refractivity contribution in [3.63, 3.8) is 0 Å². The minimum atomic E-state index is -4.40. The Morgan fingerprint density at radius 1 is 1.21 bits per heavy atom. The summed E-state index contributed by atoms with van der Waals surface area (Å²) in [5.41, 5.74) is -0.295. The second-order valence-electron chi connectivity index (χ2n) is 5.51. The first-order chi connectivity index (χ1) is 12.6. The zero-order valence-corrected chi connectivity index (χ0v) is 18.7. The van der Waals surface area contributed by atoms with Crippen molar-refractivity contribution in [2.75, 3.05) is 6.54 Å². The Balaban J connectivity index is 0.00000392. The van der Waals surface area contributed by atoms with Gasteiger partial charge in [0.1, 0.15) is 4.21 Å². The Bertz CT molecular complexity index is 915. The fourth-order valence-corrected chi connectivity index (χ4v) is 3.85. The second-order valence-corrected chi connectivity index (χ2v) is 8.47. The average Bonchev–Trinajstić information content (AvgIpc) is 3.06. The minimum absolute atomic E-state index is 0. The number of primary sulfonamides is 1. The Labute approximate surface area is 182 Å². The van der Waals surface area contributed by atoms with Crippen molar-refractivity contribution in [2.24, 2.45) is 10.1 Å². The van der Waals surface area contributed by atoms with Crippen LogP contribution in [0.4, 0.5) is 13.2 Å². The molecule has 2 rings (SSSR count). The first-order valence-electron chi connectivity index (χ1n) is 7.89. The van der Waals surface area contributed by atoms with Crippen LogP contribution in [-0.2, 0) is 29.3 Å². The summed E-state index contributed by atoms with van der Waals surface area (Å²) in [5.74, 6) is 0.403. The van der Waals surface area contributed by atoms with Crippen LogP contribution >= 0.6 is 35.3 Å². The first kappa shape index (κ1) is 24.7. The van der Waals surface area contributed by atoms with E-state index in [4.69, 9.17) is 5.14 Å². The maximum absolute atomic E-state index is 12.8. The van der Waals surface area contributed by atoms with Gasteiger partial charge in [0.05, 0.1) is 18.7 Å². The lowest BCUT2D eigenvalue weighted by atomic mass is 10.1. The second kappa shape index (κ2) is 10.4. The number of benzene rings is 1. The number of nitrogens with zero attached hydrogens (tertiary/aromatic N) is 1. The molecule has 156 valence electrons. The van der Waals surface area contributed by atoms with Crippen LogP contribution in [0.15, 0.2) is 45.6 Å². The Morgan fingerprint density at radius 2 is 1.93 bits per heavy atom. The van der Waals surface area contributed by atoms with Crippen molar-refractivity contribution in [1.29, 1.82) is 0 Å². The van der Waals surface area contributed by atoms with Gasteiger partial charge in [-0.1, -0.05) is 12.1 Å². The summed E-state index contributed by atoms with van der Waals surface area (Å²) in [6, 6.07) is 8.03. The highest BCUT2D eigenvalue weighted by molar-refractivity contribution is 14.0.